The highest BCUT2D eigenvalue weighted by Gasteiger charge is 2.08. The molecule has 0 radical (unpaired) electrons. The first-order valence-corrected chi connectivity index (χ1v) is 5.49. The number of rotatable bonds is 5. The maximum Gasteiger partial charge on any atom is 0.352 e. The second-order valence-corrected chi connectivity index (χ2v) is 4.01. The molecule has 6 heteroatoms. The van der Waals surface area contributed by atoms with E-state index < -0.39 is 12.1 Å². The number of aromatic amines is 1. The summed E-state index contributed by atoms with van der Waals surface area (Å²) in [6.07, 6.45) is -0.818. The van der Waals surface area contributed by atoms with Gasteiger partial charge in [-0.3, -0.25) is 0 Å². The molecular weight excluding hydrogens is 236 g/mol. The van der Waals surface area contributed by atoms with E-state index in [1.165, 1.54) is 0 Å². The lowest BCUT2D eigenvalue weighted by Gasteiger charge is -2.09. The lowest BCUT2D eigenvalue weighted by Crippen LogP contribution is -2.22. The number of H-pyrrole nitrogens is 1. The van der Waals surface area contributed by atoms with Gasteiger partial charge < -0.3 is 25.6 Å². The molecule has 0 saturated heterocycles. The van der Waals surface area contributed by atoms with Crippen molar-refractivity contribution in [3.8, 4) is 0 Å². The molecule has 96 valence electrons. The molecule has 1 aromatic heterocycles. The first-order valence-electron chi connectivity index (χ1n) is 5.49. The van der Waals surface area contributed by atoms with E-state index in [1.54, 1.807) is 24.3 Å². The summed E-state index contributed by atoms with van der Waals surface area (Å²) in [7, 11) is 0. The Kier molecular flexibility index (Phi) is 3.50. The summed E-state index contributed by atoms with van der Waals surface area (Å²) in [4.78, 5) is 13.6. The van der Waals surface area contributed by atoms with Crippen LogP contribution in [-0.4, -0.2) is 45.5 Å². The highest BCUT2D eigenvalue weighted by Crippen LogP contribution is 2.20. The van der Waals surface area contributed by atoms with Crippen LogP contribution >= 0.6 is 0 Å². The van der Waals surface area contributed by atoms with Crippen LogP contribution in [0.25, 0.3) is 10.9 Å². The van der Waals surface area contributed by atoms with Crippen LogP contribution in [0, 0.1) is 0 Å². The number of fused-ring (bicyclic) bond motifs is 1. The van der Waals surface area contributed by atoms with Gasteiger partial charge >= 0.3 is 5.97 Å². The Balaban J connectivity index is 2.19. The van der Waals surface area contributed by atoms with Gasteiger partial charge in [-0.1, -0.05) is 0 Å². The zero-order valence-corrected chi connectivity index (χ0v) is 9.55. The molecule has 1 atom stereocenters. The molecule has 1 heterocycles. The summed E-state index contributed by atoms with van der Waals surface area (Å²) >= 11 is 0. The fraction of sp³-hybridized carbons (Fsp3) is 0.250. The van der Waals surface area contributed by atoms with Gasteiger partial charge in [0.25, 0.3) is 0 Å². The van der Waals surface area contributed by atoms with Gasteiger partial charge in [-0.05, 0) is 24.3 Å². The van der Waals surface area contributed by atoms with Crippen LogP contribution in [0.1, 0.15) is 10.5 Å². The molecule has 2 aromatic rings. The van der Waals surface area contributed by atoms with E-state index in [2.05, 4.69) is 10.3 Å². The molecule has 0 spiro atoms. The van der Waals surface area contributed by atoms with Crippen molar-refractivity contribution in [1.29, 1.82) is 0 Å². The van der Waals surface area contributed by atoms with Crippen LogP contribution < -0.4 is 5.32 Å². The Morgan fingerprint density at radius 2 is 2.17 bits per heavy atom. The minimum absolute atomic E-state index is 0.137. The minimum atomic E-state index is -1.00. The molecule has 5 N–H and O–H groups in total. The number of hydrogen-bond acceptors (Lipinski definition) is 4. The fourth-order valence-electron chi connectivity index (χ4n) is 1.66. The average molecular weight is 250 g/mol. The molecule has 0 bridgehead atoms. The van der Waals surface area contributed by atoms with Gasteiger partial charge in [-0.2, -0.15) is 0 Å². The van der Waals surface area contributed by atoms with Crippen LogP contribution in [0.4, 0.5) is 5.69 Å². The summed E-state index contributed by atoms with van der Waals surface area (Å²) in [6.45, 7) is -0.0687. The van der Waals surface area contributed by atoms with Crippen LogP contribution in [0.3, 0.4) is 0 Å². The fourth-order valence-corrected chi connectivity index (χ4v) is 1.66. The molecule has 18 heavy (non-hydrogen) atoms. The number of anilines is 1. The van der Waals surface area contributed by atoms with E-state index in [1.807, 2.05) is 0 Å². The van der Waals surface area contributed by atoms with Crippen molar-refractivity contribution in [2.24, 2.45) is 0 Å². The van der Waals surface area contributed by atoms with Gasteiger partial charge in [-0.15, -0.1) is 0 Å². The Bertz CT molecular complexity index is 564. The molecular formula is C12H14N2O4. The molecule has 2 rings (SSSR count). The Morgan fingerprint density at radius 1 is 1.39 bits per heavy atom. The number of aromatic nitrogens is 1. The third kappa shape index (κ3) is 2.61. The van der Waals surface area contributed by atoms with E-state index in [-0.39, 0.29) is 18.8 Å². The van der Waals surface area contributed by atoms with Crippen molar-refractivity contribution < 1.29 is 20.1 Å². The minimum Gasteiger partial charge on any atom is -0.477 e. The van der Waals surface area contributed by atoms with E-state index >= 15 is 0 Å². The highest BCUT2D eigenvalue weighted by molar-refractivity contribution is 5.94. The average Bonchev–Trinajstić information content (AvgIpc) is 2.79. The van der Waals surface area contributed by atoms with Crippen molar-refractivity contribution in [3.05, 3.63) is 30.0 Å². The topological polar surface area (TPSA) is 106 Å². The summed E-state index contributed by atoms with van der Waals surface area (Å²) in [6, 6.07) is 6.86. The Morgan fingerprint density at radius 3 is 2.83 bits per heavy atom. The number of aromatic carboxylic acids is 1. The first-order chi connectivity index (χ1) is 8.60. The maximum absolute atomic E-state index is 10.8. The van der Waals surface area contributed by atoms with Crippen LogP contribution in [0.5, 0.6) is 0 Å². The summed E-state index contributed by atoms with van der Waals surface area (Å²) in [5.74, 6) is -1.00. The van der Waals surface area contributed by atoms with Crippen molar-refractivity contribution in [2.75, 3.05) is 18.5 Å². The maximum atomic E-state index is 10.8. The second-order valence-electron chi connectivity index (χ2n) is 4.01. The number of carboxylic acid groups (broad SMARTS) is 1. The van der Waals surface area contributed by atoms with Gasteiger partial charge in [0, 0.05) is 23.1 Å². The Hall–Kier alpha value is -2.05. The zero-order chi connectivity index (χ0) is 13.1. The van der Waals surface area contributed by atoms with E-state index in [9.17, 15) is 9.90 Å². The molecule has 0 aliphatic carbocycles. The number of hydrogen-bond donors (Lipinski definition) is 5. The van der Waals surface area contributed by atoms with Crippen molar-refractivity contribution in [3.63, 3.8) is 0 Å². The quantitative estimate of drug-likeness (QED) is 0.535. The standard InChI is InChI=1S/C12H14N2O4/c15-6-9(16)5-13-8-1-2-10-7(3-8)4-11(14-10)12(17)18/h1-4,9,13-16H,5-6H2,(H,17,18). The summed E-state index contributed by atoms with van der Waals surface area (Å²) in [5.41, 5.74) is 1.63. The predicted octanol–water partition coefficient (Wildman–Crippen LogP) is 0.631. The number of nitrogens with one attached hydrogen (secondary N) is 2. The zero-order valence-electron chi connectivity index (χ0n) is 9.55. The third-order valence-electron chi connectivity index (χ3n) is 2.60. The molecule has 0 aliphatic heterocycles. The van der Waals surface area contributed by atoms with Gasteiger partial charge in [0.05, 0.1) is 12.7 Å². The van der Waals surface area contributed by atoms with Gasteiger partial charge in [0.2, 0.25) is 0 Å². The number of aliphatic hydroxyl groups excluding tert-OH is 2. The van der Waals surface area contributed by atoms with Crippen molar-refractivity contribution >= 4 is 22.6 Å². The van der Waals surface area contributed by atoms with Crippen molar-refractivity contribution in [1.82, 2.24) is 4.98 Å². The van der Waals surface area contributed by atoms with E-state index in [0.29, 0.717) is 0 Å². The largest absolute Gasteiger partial charge is 0.477 e. The lowest BCUT2D eigenvalue weighted by atomic mass is 10.2. The SMILES string of the molecule is O=C(O)c1cc2cc(NCC(O)CO)ccc2[nH]1. The molecule has 1 unspecified atom stereocenters. The molecule has 0 fully saturated rings. The van der Waals surface area contributed by atoms with Crippen LogP contribution in [-0.2, 0) is 0 Å². The Labute approximate surface area is 103 Å². The van der Waals surface area contributed by atoms with Gasteiger partial charge in [0.1, 0.15) is 5.69 Å². The smallest absolute Gasteiger partial charge is 0.352 e. The van der Waals surface area contributed by atoms with Gasteiger partial charge in [-0.25, -0.2) is 4.79 Å². The normalized spacial score (nSPS) is 12.6. The number of carbonyl (C=O) groups is 1. The van der Waals surface area contributed by atoms with Crippen LogP contribution in [0.2, 0.25) is 0 Å². The summed E-state index contributed by atoms with van der Waals surface area (Å²) < 4.78 is 0. The molecule has 1 aromatic carbocycles. The third-order valence-corrected chi connectivity index (χ3v) is 2.60. The first kappa shape index (κ1) is 12.4. The number of aliphatic hydroxyl groups is 2. The highest BCUT2D eigenvalue weighted by atomic mass is 16.4. The molecule has 0 saturated carbocycles. The van der Waals surface area contributed by atoms with Gasteiger partial charge in [0.15, 0.2) is 0 Å². The van der Waals surface area contributed by atoms with Crippen molar-refractivity contribution in [2.45, 2.75) is 6.10 Å². The van der Waals surface area contributed by atoms with Crippen LogP contribution in [0.15, 0.2) is 24.3 Å². The monoisotopic (exact) mass is 250 g/mol. The second kappa shape index (κ2) is 5.07. The lowest BCUT2D eigenvalue weighted by molar-refractivity contribution is 0.0691. The molecule has 0 amide bonds. The molecule has 6 nitrogen and oxygen atoms in total. The number of carboxylic acids is 1. The summed E-state index contributed by atoms with van der Waals surface area (Å²) in [5, 5.41) is 30.5. The number of benzene rings is 1. The van der Waals surface area contributed by atoms with E-state index in [0.717, 1.165) is 16.6 Å². The van der Waals surface area contributed by atoms with E-state index in [4.69, 9.17) is 10.2 Å². The predicted molar refractivity (Wildman–Crippen MR) is 66.8 cm³/mol. The molecule has 0 aliphatic rings.